The summed E-state index contributed by atoms with van der Waals surface area (Å²) in [7, 11) is 0. The Bertz CT molecular complexity index is 1080. The molecule has 0 aromatic heterocycles. The van der Waals surface area contributed by atoms with E-state index in [0.29, 0.717) is 40.0 Å². The summed E-state index contributed by atoms with van der Waals surface area (Å²) >= 11 is 5.82. The van der Waals surface area contributed by atoms with Gasteiger partial charge in [0.25, 0.3) is 5.91 Å². The molecule has 1 amide bonds. The van der Waals surface area contributed by atoms with Gasteiger partial charge in [-0.3, -0.25) is 4.79 Å². The Morgan fingerprint density at radius 1 is 0.938 bits per heavy atom. The molecule has 3 rings (SSSR count). The molecule has 0 fully saturated rings. The molecular formula is C24H21ClN2O5. The summed E-state index contributed by atoms with van der Waals surface area (Å²) in [5.74, 6) is 0.537. The smallest absolute Gasteiger partial charge is 0.343 e. The van der Waals surface area contributed by atoms with E-state index in [1.165, 1.54) is 6.21 Å². The summed E-state index contributed by atoms with van der Waals surface area (Å²) in [4.78, 5) is 24.1. The van der Waals surface area contributed by atoms with Crippen LogP contribution in [0.3, 0.4) is 0 Å². The molecule has 0 aliphatic carbocycles. The first kappa shape index (κ1) is 22.8. The second-order valence-electron chi connectivity index (χ2n) is 6.43. The van der Waals surface area contributed by atoms with E-state index in [9.17, 15) is 9.59 Å². The van der Waals surface area contributed by atoms with Crippen LogP contribution >= 0.6 is 11.6 Å². The van der Waals surface area contributed by atoms with Crippen LogP contribution in [0, 0.1) is 0 Å². The molecule has 0 aliphatic rings. The Balaban J connectivity index is 1.47. The number of hydrogen-bond donors (Lipinski definition) is 1. The molecule has 7 nitrogen and oxygen atoms in total. The van der Waals surface area contributed by atoms with Crippen molar-refractivity contribution < 1.29 is 23.8 Å². The molecule has 0 heterocycles. The lowest BCUT2D eigenvalue weighted by Crippen LogP contribution is -2.24. The van der Waals surface area contributed by atoms with E-state index in [-0.39, 0.29) is 6.61 Å². The number of esters is 1. The summed E-state index contributed by atoms with van der Waals surface area (Å²) in [6, 6.07) is 20.2. The predicted octanol–water partition coefficient (Wildman–Crippen LogP) is 4.49. The van der Waals surface area contributed by atoms with Crippen molar-refractivity contribution in [2.45, 2.75) is 6.92 Å². The van der Waals surface area contributed by atoms with E-state index < -0.39 is 11.9 Å². The standard InChI is InChI=1S/C24H21ClN2O5/c1-2-30-21-5-3-4-6-22(21)31-16-23(28)27-26-15-17-7-13-20(14-8-17)32-24(29)18-9-11-19(25)12-10-18/h3-15H,2,16H2,1H3,(H,27,28)/b26-15+. The minimum absolute atomic E-state index is 0.207. The molecule has 0 saturated carbocycles. The number of amides is 1. The highest BCUT2D eigenvalue weighted by atomic mass is 35.5. The van der Waals surface area contributed by atoms with Crippen molar-refractivity contribution in [2.75, 3.05) is 13.2 Å². The van der Waals surface area contributed by atoms with Crippen molar-refractivity contribution in [3.63, 3.8) is 0 Å². The van der Waals surface area contributed by atoms with E-state index in [0.717, 1.165) is 0 Å². The predicted molar refractivity (Wildman–Crippen MR) is 122 cm³/mol. The van der Waals surface area contributed by atoms with Gasteiger partial charge in [0, 0.05) is 5.02 Å². The highest BCUT2D eigenvalue weighted by Crippen LogP contribution is 2.26. The largest absolute Gasteiger partial charge is 0.490 e. The number of benzene rings is 3. The number of nitrogens with one attached hydrogen (secondary N) is 1. The molecule has 0 spiro atoms. The number of rotatable bonds is 9. The topological polar surface area (TPSA) is 86.2 Å². The van der Waals surface area contributed by atoms with Crippen LogP contribution in [0.2, 0.25) is 5.02 Å². The van der Waals surface area contributed by atoms with Crippen LogP contribution in [0.4, 0.5) is 0 Å². The van der Waals surface area contributed by atoms with Crippen molar-refractivity contribution in [1.29, 1.82) is 0 Å². The number of para-hydroxylation sites is 2. The maximum atomic E-state index is 12.1. The van der Waals surface area contributed by atoms with Crippen molar-refractivity contribution in [3.05, 3.63) is 88.9 Å². The molecule has 3 aromatic rings. The van der Waals surface area contributed by atoms with E-state index in [1.54, 1.807) is 66.7 Å². The number of ether oxygens (including phenoxy) is 3. The van der Waals surface area contributed by atoms with Gasteiger partial charge in [-0.05, 0) is 73.2 Å². The van der Waals surface area contributed by atoms with Crippen LogP contribution in [0.15, 0.2) is 77.9 Å². The number of carbonyl (C=O) groups is 2. The van der Waals surface area contributed by atoms with Crippen LogP contribution in [0.25, 0.3) is 0 Å². The summed E-state index contributed by atoms with van der Waals surface area (Å²) < 4.78 is 16.2. The van der Waals surface area contributed by atoms with Crippen LogP contribution in [-0.4, -0.2) is 31.3 Å². The maximum Gasteiger partial charge on any atom is 0.343 e. The second kappa shape index (κ2) is 11.5. The lowest BCUT2D eigenvalue weighted by Gasteiger charge is -2.10. The molecule has 3 aromatic carbocycles. The zero-order valence-corrected chi connectivity index (χ0v) is 18.0. The van der Waals surface area contributed by atoms with E-state index in [2.05, 4.69) is 10.5 Å². The number of hydrogen-bond acceptors (Lipinski definition) is 6. The summed E-state index contributed by atoms with van der Waals surface area (Å²) in [5, 5.41) is 4.44. The van der Waals surface area contributed by atoms with Gasteiger partial charge in [-0.15, -0.1) is 0 Å². The van der Waals surface area contributed by atoms with E-state index in [4.69, 9.17) is 25.8 Å². The number of hydrazone groups is 1. The van der Waals surface area contributed by atoms with Crippen molar-refractivity contribution in [3.8, 4) is 17.2 Å². The van der Waals surface area contributed by atoms with Gasteiger partial charge in [-0.1, -0.05) is 23.7 Å². The van der Waals surface area contributed by atoms with E-state index in [1.807, 2.05) is 13.0 Å². The Morgan fingerprint density at radius 2 is 1.59 bits per heavy atom. The minimum Gasteiger partial charge on any atom is -0.490 e. The Kier molecular flexibility index (Phi) is 8.22. The molecule has 1 N–H and O–H groups in total. The number of carbonyl (C=O) groups excluding carboxylic acids is 2. The Morgan fingerprint density at radius 3 is 2.25 bits per heavy atom. The zero-order chi connectivity index (χ0) is 22.8. The fraction of sp³-hybridized carbons (Fsp3) is 0.125. The van der Waals surface area contributed by atoms with E-state index >= 15 is 0 Å². The molecular weight excluding hydrogens is 432 g/mol. The molecule has 8 heteroatoms. The molecule has 0 saturated heterocycles. The summed E-state index contributed by atoms with van der Waals surface area (Å²) in [6.45, 7) is 2.16. The third-order valence-electron chi connectivity index (χ3n) is 4.08. The highest BCUT2D eigenvalue weighted by molar-refractivity contribution is 6.30. The van der Waals surface area contributed by atoms with Gasteiger partial charge in [0.2, 0.25) is 0 Å². The minimum atomic E-state index is -0.485. The lowest BCUT2D eigenvalue weighted by molar-refractivity contribution is -0.123. The summed E-state index contributed by atoms with van der Waals surface area (Å²) in [5.41, 5.74) is 3.50. The third-order valence-corrected chi connectivity index (χ3v) is 4.33. The van der Waals surface area contributed by atoms with Gasteiger partial charge in [0.15, 0.2) is 18.1 Å². The molecule has 164 valence electrons. The molecule has 0 atom stereocenters. The quantitative estimate of drug-likeness (QED) is 0.224. The average molecular weight is 453 g/mol. The first-order valence-corrected chi connectivity index (χ1v) is 10.2. The van der Waals surface area contributed by atoms with Crippen LogP contribution in [-0.2, 0) is 4.79 Å². The van der Waals surface area contributed by atoms with Gasteiger partial charge < -0.3 is 14.2 Å². The van der Waals surface area contributed by atoms with Gasteiger partial charge in [-0.25, -0.2) is 10.2 Å². The zero-order valence-electron chi connectivity index (χ0n) is 17.3. The summed E-state index contributed by atoms with van der Waals surface area (Å²) in [6.07, 6.45) is 1.47. The van der Waals surface area contributed by atoms with Gasteiger partial charge >= 0.3 is 5.97 Å². The maximum absolute atomic E-state index is 12.1. The van der Waals surface area contributed by atoms with Crippen molar-refractivity contribution in [2.24, 2.45) is 5.10 Å². The molecule has 0 unspecified atom stereocenters. The molecule has 0 aliphatic heterocycles. The van der Waals surface area contributed by atoms with Crippen LogP contribution in [0.5, 0.6) is 17.2 Å². The number of halogens is 1. The van der Waals surface area contributed by atoms with Gasteiger partial charge in [0.1, 0.15) is 5.75 Å². The normalized spacial score (nSPS) is 10.6. The molecule has 32 heavy (non-hydrogen) atoms. The average Bonchev–Trinajstić information content (AvgIpc) is 2.80. The Hall–Kier alpha value is -3.84. The lowest BCUT2D eigenvalue weighted by atomic mass is 10.2. The van der Waals surface area contributed by atoms with Crippen molar-refractivity contribution in [1.82, 2.24) is 5.43 Å². The highest BCUT2D eigenvalue weighted by Gasteiger charge is 2.09. The third kappa shape index (κ3) is 6.85. The van der Waals surface area contributed by atoms with Gasteiger partial charge in [-0.2, -0.15) is 5.10 Å². The van der Waals surface area contributed by atoms with Crippen molar-refractivity contribution >= 4 is 29.7 Å². The fourth-order valence-electron chi connectivity index (χ4n) is 2.57. The van der Waals surface area contributed by atoms with Crippen LogP contribution in [0.1, 0.15) is 22.8 Å². The fourth-order valence-corrected chi connectivity index (χ4v) is 2.70. The first-order valence-electron chi connectivity index (χ1n) is 9.79. The van der Waals surface area contributed by atoms with Crippen LogP contribution < -0.4 is 19.6 Å². The van der Waals surface area contributed by atoms with Gasteiger partial charge in [0.05, 0.1) is 18.4 Å². The number of nitrogens with zero attached hydrogens (tertiary/aromatic N) is 1. The second-order valence-corrected chi connectivity index (χ2v) is 6.86. The molecule has 0 bridgehead atoms. The monoisotopic (exact) mass is 452 g/mol. The molecule has 0 radical (unpaired) electrons. The SMILES string of the molecule is CCOc1ccccc1OCC(=O)N/N=C/c1ccc(OC(=O)c2ccc(Cl)cc2)cc1. The first-order chi connectivity index (χ1) is 15.5. The Labute approximate surface area is 190 Å².